The Morgan fingerprint density at radius 2 is 1.83 bits per heavy atom. The number of ketones is 1. The van der Waals surface area contributed by atoms with Crippen LogP contribution >= 0.6 is 0 Å². The van der Waals surface area contributed by atoms with Gasteiger partial charge in [-0.05, 0) is 36.8 Å². The summed E-state index contributed by atoms with van der Waals surface area (Å²) < 4.78 is 10.6. The lowest BCUT2D eigenvalue weighted by molar-refractivity contribution is -0.147. The summed E-state index contributed by atoms with van der Waals surface area (Å²) in [6, 6.07) is 6.25. The first-order valence-electron chi connectivity index (χ1n) is 12.2. The minimum absolute atomic E-state index is 0.0520. The second-order valence-corrected chi connectivity index (χ2v) is 9.61. The molecule has 0 bridgehead atoms. The second kappa shape index (κ2) is 12.0. The molecule has 3 rings (SSSR count). The van der Waals surface area contributed by atoms with Crippen molar-refractivity contribution in [2.75, 3.05) is 6.54 Å². The SMILES string of the molecule is CC(C)[C@H](N)C(=O)N(C(=O)OCc1ccccc1)C(=O)[C@@H]1CCCN1[C@H](C(=O)c1ncco1)C(C)C. The number of aromatic nitrogens is 1. The number of Topliss-reactive ketones (excluding diaryl/α,β-unsaturated/α-hetero) is 1. The van der Waals surface area contributed by atoms with Gasteiger partial charge in [0.05, 0.1) is 24.3 Å². The van der Waals surface area contributed by atoms with Crippen molar-refractivity contribution in [1.82, 2.24) is 14.8 Å². The number of hydrogen-bond acceptors (Lipinski definition) is 9. The maximum Gasteiger partial charge on any atom is 0.423 e. The van der Waals surface area contributed by atoms with Crippen molar-refractivity contribution in [1.29, 1.82) is 0 Å². The first-order chi connectivity index (χ1) is 17.1. The topological polar surface area (TPSA) is 136 Å². The van der Waals surface area contributed by atoms with Gasteiger partial charge in [-0.2, -0.15) is 4.90 Å². The predicted octanol–water partition coefficient (Wildman–Crippen LogP) is 3.02. The summed E-state index contributed by atoms with van der Waals surface area (Å²) in [5, 5.41) is 0. The number of benzene rings is 1. The number of likely N-dealkylation sites (tertiary alicyclic amines) is 1. The minimum atomic E-state index is -1.09. The van der Waals surface area contributed by atoms with Gasteiger partial charge >= 0.3 is 6.09 Å². The van der Waals surface area contributed by atoms with Gasteiger partial charge < -0.3 is 14.9 Å². The molecule has 36 heavy (non-hydrogen) atoms. The molecule has 0 aliphatic carbocycles. The van der Waals surface area contributed by atoms with Gasteiger partial charge in [0, 0.05) is 0 Å². The Morgan fingerprint density at radius 1 is 1.14 bits per heavy atom. The average molecular weight is 499 g/mol. The molecule has 2 aromatic rings. The third-order valence-corrected chi connectivity index (χ3v) is 6.31. The van der Waals surface area contributed by atoms with Crippen LogP contribution in [0.4, 0.5) is 4.79 Å². The predicted molar refractivity (Wildman–Crippen MR) is 130 cm³/mol. The van der Waals surface area contributed by atoms with Crippen molar-refractivity contribution in [3.8, 4) is 0 Å². The lowest BCUT2D eigenvalue weighted by atomic mass is 9.96. The molecule has 2 heterocycles. The van der Waals surface area contributed by atoms with Crippen LogP contribution < -0.4 is 5.73 Å². The van der Waals surface area contributed by atoms with Crippen LogP contribution in [0, 0.1) is 11.8 Å². The standard InChI is InChI=1S/C26H34N4O6/c1-16(2)20(27)25(33)30(26(34)36-15-18-9-6-5-7-10-18)24(32)19-11-8-13-29(19)21(17(3)4)22(31)23-28-12-14-35-23/h5-7,9-10,12,14,16-17,19-21H,8,11,13,15,27H2,1-4H3/t19-,20-,21-/m0/s1. The molecule has 0 unspecified atom stereocenters. The van der Waals surface area contributed by atoms with Gasteiger partial charge in [0.15, 0.2) is 0 Å². The molecule has 1 aromatic carbocycles. The van der Waals surface area contributed by atoms with E-state index >= 15 is 0 Å². The van der Waals surface area contributed by atoms with Crippen molar-refractivity contribution in [3.63, 3.8) is 0 Å². The van der Waals surface area contributed by atoms with Crippen LogP contribution in [0.2, 0.25) is 0 Å². The number of carbonyl (C=O) groups excluding carboxylic acids is 4. The highest BCUT2D eigenvalue weighted by Crippen LogP contribution is 2.28. The van der Waals surface area contributed by atoms with E-state index in [0.29, 0.717) is 29.8 Å². The number of nitrogens with two attached hydrogens (primary N) is 1. The first kappa shape index (κ1) is 27.2. The second-order valence-electron chi connectivity index (χ2n) is 9.61. The van der Waals surface area contributed by atoms with Gasteiger partial charge in [-0.3, -0.25) is 19.3 Å². The van der Waals surface area contributed by atoms with E-state index in [1.54, 1.807) is 43.0 Å². The molecular weight excluding hydrogens is 464 g/mol. The van der Waals surface area contributed by atoms with Gasteiger partial charge in [-0.25, -0.2) is 9.78 Å². The van der Waals surface area contributed by atoms with Gasteiger partial charge in [0.1, 0.15) is 12.9 Å². The van der Waals surface area contributed by atoms with Crippen LogP contribution in [0.3, 0.4) is 0 Å². The van der Waals surface area contributed by atoms with Gasteiger partial charge in [0.25, 0.3) is 17.7 Å². The zero-order valence-corrected chi connectivity index (χ0v) is 21.1. The molecule has 10 nitrogen and oxygen atoms in total. The lowest BCUT2D eigenvalue weighted by Gasteiger charge is -2.35. The number of hydrogen-bond donors (Lipinski definition) is 1. The summed E-state index contributed by atoms with van der Waals surface area (Å²) in [4.78, 5) is 59.5. The van der Waals surface area contributed by atoms with Crippen molar-refractivity contribution in [2.45, 2.75) is 65.3 Å². The average Bonchev–Trinajstić information content (AvgIpc) is 3.55. The van der Waals surface area contributed by atoms with Crippen molar-refractivity contribution >= 4 is 23.7 Å². The smallest absolute Gasteiger partial charge is 0.423 e. The van der Waals surface area contributed by atoms with E-state index in [-0.39, 0.29) is 30.1 Å². The van der Waals surface area contributed by atoms with Crippen LogP contribution in [0.15, 0.2) is 47.2 Å². The van der Waals surface area contributed by atoms with Crippen molar-refractivity contribution in [2.24, 2.45) is 17.6 Å². The largest absolute Gasteiger partial charge is 0.444 e. The molecule has 3 atom stereocenters. The molecule has 1 aliphatic rings. The molecule has 194 valence electrons. The Balaban J connectivity index is 1.88. The van der Waals surface area contributed by atoms with Gasteiger partial charge in [0.2, 0.25) is 5.78 Å². The van der Waals surface area contributed by atoms with Crippen LogP contribution in [0.25, 0.3) is 0 Å². The van der Waals surface area contributed by atoms with E-state index in [0.717, 1.165) is 0 Å². The zero-order chi connectivity index (χ0) is 26.4. The molecule has 1 aromatic heterocycles. The summed E-state index contributed by atoms with van der Waals surface area (Å²) in [5.74, 6) is -2.51. The summed E-state index contributed by atoms with van der Waals surface area (Å²) in [6.45, 7) is 7.49. The highest BCUT2D eigenvalue weighted by atomic mass is 16.6. The summed E-state index contributed by atoms with van der Waals surface area (Å²) in [6.07, 6.45) is 2.59. The number of ether oxygens (including phenoxy) is 1. The fourth-order valence-electron chi connectivity index (χ4n) is 4.35. The Morgan fingerprint density at radius 3 is 2.42 bits per heavy atom. The number of imide groups is 3. The Kier molecular flexibility index (Phi) is 9.11. The molecule has 1 saturated heterocycles. The normalized spacial score (nSPS) is 17.7. The number of carbonyl (C=O) groups is 4. The van der Waals surface area contributed by atoms with E-state index in [4.69, 9.17) is 14.9 Å². The number of nitrogens with zero attached hydrogens (tertiary/aromatic N) is 3. The number of amides is 3. The van der Waals surface area contributed by atoms with E-state index < -0.39 is 36.0 Å². The molecule has 10 heteroatoms. The van der Waals surface area contributed by atoms with E-state index in [1.165, 1.54) is 12.5 Å². The lowest BCUT2D eigenvalue weighted by Crippen LogP contribution is -2.58. The Bertz CT molecular complexity index is 1050. The monoisotopic (exact) mass is 498 g/mol. The van der Waals surface area contributed by atoms with Gasteiger partial charge in [-0.15, -0.1) is 0 Å². The number of oxazole rings is 1. The molecule has 1 fully saturated rings. The maximum absolute atomic E-state index is 13.8. The Labute approximate surface area is 210 Å². The quantitative estimate of drug-likeness (QED) is 0.517. The molecule has 0 radical (unpaired) electrons. The minimum Gasteiger partial charge on any atom is -0.444 e. The highest BCUT2D eigenvalue weighted by Gasteiger charge is 2.46. The van der Waals surface area contributed by atoms with Crippen molar-refractivity contribution < 1.29 is 28.3 Å². The first-order valence-corrected chi connectivity index (χ1v) is 12.2. The Hall–Kier alpha value is -3.37. The number of rotatable bonds is 9. The zero-order valence-electron chi connectivity index (χ0n) is 21.1. The maximum atomic E-state index is 13.8. The molecule has 0 spiro atoms. The summed E-state index contributed by atoms with van der Waals surface area (Å²) >= 11 is 0. The summed E-state index contributed by atoms with van der Waals surface area (Å²) in [7, 11) is 0. The van der Waals surface area contributed by atoms with Crippen LogP contribution in [-0.2, 0) is 20.9 Å². The molecular formula is C26H34N4O6. The fourth-order valence-corrected chi connectivity index (χ4v) is 4.35. The third-order valence-electron chi connectivity index (χ3n) is 6.31. The van der Waals surface area contributed by atoms with Crippen molar-refractivity contribution in [3.05, 3.63) is 54.2 Å². The fraction of sp³-hybridized carbons (Fsp3) is 0.500. The van der Waals surface area contributed by atoms with Crippen LogP contribution in [0.5, 0.6) is 0 Å². The molecule has 0 saturated carbocycles. The van der Waals surface area contributed by atoms with Crippen LogP contribution in [0.1, 0.15) is 56.8 Å². The molecule has 1 aliphatic heterocycles. The molecule has 3 amide bonds. The van der Waals surface area contributed by atoms with E-state index in [9.17, 15) is 19.2 Å². The molecule has 2 N–H and O–H groups in total. The van der Waals surface area contributed by atoms with E-state index in [2.05, 4.69) is 4.98 Å². The highest BCUT2D eigenvalue weighted by molar-refractivity contribution is 6.12. The van der Waals surface area contributed by atoms with Crippen LogP contribution in [-0.4, -0.2) is 63.1 Å². The third kappa shape index (κ3) is 6.06. The summed E-state index contributed by atoms with van der Waals surface area (Å²) in [5.41, 5.74) is 6.76. The van der Waals surface area contributed by atoms with Gasteiger partial charge in [-0.1, -0.05) is 58.0 Å². The van der Waals surface area contributed by atoms with E-state index in [1.807, 2.05) is 19.9 Å².